The lowest BCUT2D eigenvalue weighted by Crippen LogP contribution is -2.31. The van der Waals surface area contributed by atoms with Crippen LogP contribution in [-0.2, 0) is 29.3 Å². The maximum atomic E-state index is 13.5. The number of carbonyl (C=O) groups excluding carboxylic acids is 1. The minimum atomic E-state index is -1.07. The summed E-state index contributed by atoms with van der Waals surface area (Å²) in [6, 6.07) is 12.8. The van der Waals surface area contributed by atoms with E-state index in [2.05, 4.69) is 10.0 Å². The van der Waals surface area contributed by atoms with Gasteiger partial charge >= 0.3 is 0 Å². The molecule has 1 aliphatic heterocycles. The molecule has 3 aromatic rings. The van der Waals surface area contributed by atoms with Gasteiger partial charge in [-0.1, -0.05) is 42.5 Å². The van der Waals surface area contributed by atoms with Crippen LogP contribution < -0.4 is 10.0 Å². The van der Waals surface area contributed by atoms with Crippen molar-refractivity contribution in [2.75, 3.05) is 11.9 Å². The van der Waals surface area contributed by atoms with Crippen LogP contribution in [0.25, 0.3) is 6.08 Å². The summed E-state index contributed by atoms with van der Waals surface area (Å²) in [5.41, 5.74) is 2.16. The van der Waals surface area contributed by atoms with Crippen molar-refractivity contribution in [1.82, 2.24) is 9.29 Å². The quantitative estimate of drug-likeness (QED) is 0.514. The van der Waals surface area contributed by atoms with Crippen LogP contribution in [0.2, 0.25) is 0 Å². The van der Waals surface area contributed by atoms with E-state index >= 15 is 0 Å². The zero-order valence-corrected chi connectivity index (χ0v) is 18.1. The number of nitrogens with zero attached hydrogens (tertiary/aromatic N) is 1. The van der Waals surface area contributed by atoms with Crippen LogP contribution in [0.1, 0.15) is 21.6 Å². The second kappa shape index (κ2) is 9.56. The lowest BCUT2D eigenvalue weighted by molar-refractivity contribution is 0.101. The SMILES string of the molecule is Cn1cc2c(c1C(=O)Nc1ccc(F)c(F)c1)C=CC(COCc1ccccc1)NS2=N. The molecular weight excluding hydrogens is 434 g/mol. The number of hydrogen-bond acceptors (Lipinski definition) is 3. The van der Waals surface area contributed by atoms with Gasteiger partial charge in [-0.15, -0.1) is 0 Å². The fraction of sp³-hybridized carbons (Fsp3) is 0.174. The lowest BCUT2D eigenvalue weighted by atomic mass is 10.1. The van der Waals surface area contributed by atoms with Crippen LogP contribution in [0.5, 0.6) is 0 Å². The molecule has 32 heavy (non-hydrogen) atoms. The normalized spacial score (nSPS) is 17.6. The first kappa shape index (κ1) is 22.1. The van der Waals surface area contributed by atoms with Crippen LogP contribution >= 0.6 is 0 Å². The van der Waals surface area contributed by atoms with Gasteiger partial charge in [0.1, 0.15) is 5.69 Å². The van der Waals surface area contributed by atoms with Crippen molar-refractivity contribution in [2.24, 2.45) is 7.05 Å². The zero-order chi connectivity index (χ0) is 22.7. The van der Waals surface area contributed by atoms with Crippen molar-refractivity contribution in [2.45, 2.75) is 17.5 Å². The highest BCUT2D eigenvalue weighted by Crippen LogP contribution is 2.26. The Balaban J connectivity index is 1.49. The molecule has 2 heterocycles. The van der Waals surface area contributed by atoms with E-state index in [-0.39, 0.29) is 11.7 Å². The van der Waals surface area contributed by atoms with E-state index in [1.807, 2.05) is 36.4 Å². The van der Waals surface area contributed by atoms with E-state index in [4.69, 9.17) is 9.52 Å². The number of halogens is 2. The minimum Gasteiger partial charge on any atom is -0.375 e. The number of carbonyl (C=O) groups is 1. The summed E-state index contributed by atoms with van der Waals surface area (Å²) >= 11 is 0. The van der Waals surface area contributed by atoms with E-state index in [1.165, 1.54) is 6.07 Å². The van der Waals surface area contributed by atoms with Crippen LogP contribution in [-0.4, -0.2) is 23.1 Å². The van der Waals surface area contributed by atoms with Crippen molar-refractivity contribution >= 4 is 28.5 Å². The number of ether oxygens (including phenoxy) is 1. The molecule has 2 unspecified atom stereocenters. The molecule has 0 saturated carbocycles. The van der Waals surface area contributed by atoms with E-state index in [0.29, 0.717) is 29.4 Å². The number of anilines is 1. The van der Waals surface area contributed by atoms with Crippen molar-refractivity contribution in [3.63, 3.8) is 0 Å². The first-order valence-electron chi connectivity index (χ1n) is 9.89. The molecule has 0 spiro atoms. The van der Waals surface area contributed by atoms with Crippen molar-refractivity contribution in [3.8, 4) is 0 Å². The van der Waals surface area contributed by atoms with E-state index in [1.54, 1.807) is 23.9 Å². The fourth-order valence-electron chi connectivity index (χ4n) is 3.42. The van der Waals surface area contributed by atoms with Crippen LogP contribution in [0.3, 0.4) is 0 Å². The van der Waals surface area contributed by atoms with E-state index in [0.717, 1.165) is 17.7 Å². The summed E-state index contributed by atoms with van der Waals surface area (Å²) in [6.45, 7) is 0.842. The number of amides is 1. The largest absolute Gasteiger partial charge is 0.375 e. The Morgan fingerprint density at radius 2 is 2.00 bits per heavy atom. The zero-order valence-electron chi connectivity index (χ0n) is 17.3. The molecular formula is C23H22F2N4O2S. The Kier molecular flexibility index (Phi) is 6.59. The number of rotatable bonds is 6. The Morgan fingerprint density at radius 1 is 1.22 bits per heavy atom. The van der Waals surface area contributed by atoms with Crippen LogP contribution in [0.15, 0.2) is 65.7 Å². The summed E-state index contributed by atoms with van der Waals surface area (Å²) in [4.78, 5) is 13.6. The summed E-state index contributed by atoms with van der Waals surface area (Å²) in [7, 11) is 0.636. The van der Waals surface area contributed by atoms with Crippen LogP contribution in [0.4, 0.5) is 14.5 Å². The molecule has 2 aromatic carbocycles. The highest BCUT2D eigenvalue weighted by Gasteiger charge is 2.24. The van der Waals surface area contributed by atoms with E-state index < -0.39 is 28.4 Å². The van der Waals surface area contributed by atoms with Gasteiger partial charge in [0.25, 0.3) is 5.91 Å². The monoisotopic (exact) mass is 456 g/mol. The van der Waals surface area contributed by atoms with Gasteiger partial charge < -0.3 is 14.6 Å². The topological polar surface area (TPSA) is 79.1 Å². The Morgan fingerprint density at radius 3 is 2.75 bits per heavy atom. The van der Waals surface area contributed by atoms with Gasteiger partial charge in [-0.25, -0.2) is 13.5 Å². The lowest BCUT2D eigenvalue weighted by Gasteiger charge is -2.14. The molecule has 1 aromatic heterocycles. The van der Waals surface area contributed by atoms with E-state index in [9.17, 15) is 13.6 Å². The average Bonchev–Trinajstić information content (AvgIpc) is 3.03. The molecule has 3 N–H and O–H groups in total. The van der Waals surface area contributed by atoms with Gasteiger partial charge in [0.05, 0.1) is 24.2 Å². The molecule has 166 valence electrons. The maximum Gasteiger partial charge on any atom is 0.272 e. The third-order valence-corrected chi connectivity index (χ3v) is 6.27. The number of hydrogen-bond donors (Lipinski definition) is 3. The van der Waals surface area contributed by atoms with Gasteiger partial charge in [0.15, 0.2) is 11.6 Å². The molecule has 4 rings (SSSR count). The Hall–Kier alpha value is -3.14. The molecule has 0 fully saturated rings. The summed E-state index contributed by atoms with van der Waals surface area (Å²) in [5.74, 6) is -2.49. The summed E-state index contributed by atoms with van der Waals surface area (Å²) in [5, 5.41) is 2.60. The maximum absolute atomic E-state index is 13.5. The van der Waals surface area contributed by atoms with Gasteiger partial charge in [-0.2, -0.15) is 0 Å². The molecule has 9 heteroatoms. The smallest absolute Gasteiger partial charge is 0.272 e. The predicted octanol–water partition coefficient (Wildman–Crippen LogP) is 4.41. The third kappa shape index (κ3) is 4.85. The summed E-state index contributed by atoms with van der Waals surface area (Å²) < 4.78 is 45.8. The standard InChI is InChI=1S/C23H22F2N4O2S/c1-29-12-21-18(22(29)23(30)27-16-8-10-19(24)20(25)11-16)9-7-17(28-32(21)26)14-31-13-15-5-3-2-4-6-15/h2-12,17H,13-14H2,1H3,(H2,26,28)(H,27,30). The highest BCUT2D eigenvalue weighted by atomic mass is 32.2. The van der Waals surface area contributed by atoms with Crippen molar-refractivity contribution < 1.29 is 18.3 Å². The second-order valence-corrected chi connectivity index (χ2v) is 8.63. The molecule has 1 aliphatic rings. The number of benzene rings is 2. The number of nitrogens with one attached hydrogen (secondary N) is 3. The molecule has 2 atom stereocenters. The predicted molar refractivity (Wildman–Crippen MR) is 120 cm³/mol. The molecule has 0 bridgehead atoms. The molecule has 0 radical (unpaired) electrons. The van der Waals surface area contributed by atoms with Gasteiger partial charge in [-0.3, -0.25) is 9.57 Å². The van der Waals surface area contributed by atoms with Crippen molar-refractivity contribution in [3.05, 3.63) is 89.3 Å². The van der Waals surface area contributed by atoms with Crippen LogP contribution in [0, 0.1) is 16.4 Å². The Labute approximate surface area is 186 Å². The first-order valence-corrected chi connectivity index (χ1v) is 11.1. The van der Waals surface area contributed by atoms with Gasteiger partial charge in [-0.05, 0) is 28.6 Å². The summed E-state index contributed by atoms with van der Waals surface area (Å²) in [6.07, 6.45) is 5.41. The molecule has 0 saturated heterocycles. The molecule has 1 amide bonds. The highest BCUT2D eigenvalue weighted by molar-refractivity contribution is 7.84. The fourth-order valence-corrected chi connectivity index (χ4v) is 4.65. The van der Waals surface area contributed by atoms with Gasteiger partial charge in [0, 0.05) is 30.6 Å². The first-order chi connectivity index (χ1) is 15.4. The minimum absolute atomic E-state index is 0.150. The Bertz CT molecular complexity index is 1190. The third-order valence-electron chi connectivity index (χ3n) is 4.97. The van der Waals surface area contributed by atoms with Crippen molar-refractivity contribution in [1.29, 1.82) is 4.78 Å². The average molecular weight is 457 g/mol. The number of aromatic nitrogens is 1. The number of aryl methyl sites for hydroxylation is 1. The van der Waals surface area contributed by atoms with Gasteiger partial charge in [0.2, 0.25) is 0 Å². The molecule has 0 aliphatic carbocycles. The number of fused-ring (bicyclic) bond motifs is 1. The molecule has 6 nitrogen and oxygen atoms in total. The second-order valence-electron chi connectivity index (χ2n) is 7.34.